The van der Waals surface area contributed by atoms with E-state index in [0.717, 1.165) is 16.8 Å². The number of fused-ring (bicyclic) bond motifs is 1. The molecule has 0 saturated carbocycles. The maximum absolute atomic E-state index is 13.5. The van der Waals surface area contributed by atoms with Crippen molar-refractivity contribution < 1.29 is 9.13 Å². The maximum atomic E-state index is 13.5. The summed E-state index contributed by atoms with van der Waals surface area (Å²) in [5, 5.41) is 0. The molecule has 3 rings (SSSR count). The van der Waals surface area contributed by atoms with Crippen LogP contribution >= 0.6 is 0 Å². The van der Waals surface area contributed by atoms with Gasteiger partial charge in [-0.1, -0.05) is 0 Å². The van der Waals surface area contributed by atoms with Gasteiger partial charge in [0, 0.05) is 18.0 Å². The topological polar surface area (TPSA) is 39.4 Å². The van der Waals surface area contributed by atoms with Crippen molar-refractivity contribution in [2.75, 3.05) is 7.11 Å². The minimum Gasteiger partial charge on any atom is -0.478 e. The summed E-state index contributed by atoms with van der Waals surface area (Å²) in [6, 6.07) is 4.90. The SMILES string of the molecule is COc1nccn2c(-c3cc(C)cc(F)c3)cnc12. The zero-order chi connectivity index (χ0) is 13.4. The molecule has 96 valence electrons. The number of ether oxygens (including phenoxy) is 1. The summed E-state index contributed by atoms with van der Waals surface area (Å²) < 4.78 is 20.5. The fourth-order valence-corrected chi connectivity index (χ4v) is 2.14. The number of nitrogens with zero attached hydrogens (tertiary/aromatic N) is 3. The van der Waals surface area contributed by atoms with Crippen LogP contribution in [0.3, 0.4) is 0 Å². The molecule has 0 radical (unpaired) electrons. The molecular weight excluding hydrogens is 245 g/mol. The Morgan fingerprint density at radius 3 is 2.79 bits per heavy atom. The molecule has 0 bridgehead atoms. The normalized spacial score (nSPS) is 10.9. The van der Waals surface area contributed by atoms with Crippen molar-refractivity contribution >= 4 is 5.65 Å². The van der Waals surface area contributed by atoms with Crippen LogP contribution in [0.4, 0.5) is 4.39 Å². The number of imidazole rings is 1. The highest BCUT2D eigenvalue weighted by molar-refractivity contribution is 5.66. The lowest BCUT2D eigenvalue weighted by Gasteiger charge is -2.05. The van der Waals surface area contributed by atoms with Crippen molar-refractivity contribution in [3.05, 3.63) is 48.2 Å². The molecule has 0 amide bonds. The fraction of sp³-hybridized carbons (Fsp3) is 0.143. The number of hydrogen-bond acceptors (Lipinski definition) is 3. The van der Waals surface area contributed by atoms with Crippen LogP contribution in [-0.4, -0.2) is 21.5 Å². The molecule has 0 atom stereocenters. The van der Waals surface area contributed by atoms with Gasteiger partial charge in [0.2, 0.25) is 5.65 Å². The predicted octanol–water partition coefficient (Wildman–Crippen LogP) is 2.85. The first-order valence-electron chi connectivity index (χ1n) is 5.82. The standard InChI is InChI=1S/C14H12FN3O/c1-9-5-10(7-11(15)6-9)12-8-17-13-14(19-2)16-3-4-18(12)13/h3-8H,1-2H3. The molecule has 19 heavy (non-hydrogen) atoms. The number of benzene rings is 1. The average molecular weight is 257 g/mol. The molecule has 5 heteroatoms. The van der Waals surface area contributed by atoms with Crippen molar-refractivity contribution in [1.82, 2.24) is 14.4 Å². The number of hydrogen-bond donors (Lipinski definition) is 0. The Hall–Kier alpha value is -2.43. The molecule has 0 spiro atoms. The molecule has 0 saturated heterocycles. The summed E-state index contributed by atoms with van der Waals surface area (Å²) in [6.07, 6.45) is 5.09. The largest absolute Gasteiger partial charge is 0.478 e. The van der Waals surface area contributed by atoms with E-state index in [4.69, 9.17) is 4.74 Å². The lowest BCUT2D eigenvalue weighted by Crippen LogP contribution is -1.95. The number of aryl methyl sites for hydroxylation is 1. The van der Waals surface area contributed by atoms with Crippen molar-refractivity contribution in [2.45, 2.75) is 6.92 Å². The third-order valence-electron chi connectivity index (χ3n) is 2.93. The van der Waals surface area contributed by atoms with E-state index in [9.17, 15) is 4.39 Å². The zero-order valence-corrected chi connectivity index (χ0v) is 10.6. The zero-order valence-electron chi connectivity index (χ0n) is 10.6. The molecule has 0 unspecified atom stereocenters. The minimum atomic E-state index is -0.258. The van der Waals surface area contributed by atoms with Crippen LogP contribution in [0.15, 0.2) is 36.8 Å². The van der Waals surface area contributed by atoms with E-state index in [2.05, 4.69) is 9.97 Å². The van der Waals surface area contributed by atoms with E-state index in [1.807, 2.05) is 17.4 Å². The Kier molecular flexibility index (Phi) is 2.67. The van der Waals surface area contributed by atoms with Gasteiger partial charge in [0.1, 0.15) is 5.82 Å². The summed E-state index contributed by atoms with van der Waals surface area (Å²) in [6.45, 7) is 1.86. The van der Waals surface area contributed by atoms with E-state index in [1.165, 1.54) is 12.1 Å². The average Bonchev–Trinajstić information content (AvgIpc) is 2.81. The quantitative estimate of drug-likeness (QED) is 0.708. The van der Waals surface area contributed by atoms with Gasteiger partial charge < -0.3 is 4.74 Å². The molecular formula is C14H12FN3O. The first kappa shape index (κ1) is 11.6. The lowest BCUT2D eigenvalue weighted by molar-refractivity contribution is 0.400. The second kappa shape index (κ2) is 4.35. The van der Waals surface area contributed by atoms with Crippen molar-refractivity contribution in [3.63, 3.8) is 0 Å². The van der Waals surface area contributed by atoms with Crippen LogP contribution in [0.25, 0.3) is 16.9 Å². The first-order valence-corrected chi connectivity index (χ1v) is 5.82. The van der Waals surface area contributed by atoms with Gasteiger partial charge in [-0.2, -0.15) is 0 Å². The highest BCUT2D eigenvalue weighted by Crippen LogP contribution is 2.25. The first-order chi connectivity index (χ1) is 9.19. The monoisotopic (exact) mass is 257 g/mol. The molecule has 0 aliphatic rings. The Bertz CT molecular complexity index is 731. The van der Waals surface area contributed by atoms with E-state index in [0.29, 0.717) is 11.5 Å². The molecule has 0 aliphatic carbocycles. The Morgan fingerprint density at radius 2 is 2.05 bits per heavy atom. The van der Waals surface area contributed by atoms with Crippen LogP contribution in [0, 0.1) is 12.7 Å². The second-order valence-corrected chi connectivity index (χ2v) is 4.29. The molecule has 0 fully saturated rings. The molecule has 4 nitrogen and oxygen atoms in total. The third-order valence-corrected chi connectivity index (χ3v) is 2.93. The van der Waals surface area contributed by atoms with E-state index >= 15 is 0 Å². The van der Waals surface area contributed by atoms with Gasteiger partial charge in [0.25, 0.3) is 5.88 Å². The highest BCUT2D eigenvalue weighted by Gasteiger charge is 2.11. The molecule has 3 aromatic rings. The van der Waals surface area contributed by atoms with Gasteiger partial charge in [0.15, 0.2) is 0 Å². The van der Waals surface area contributed by atoms with Gasteiger partial charge in [0.05, 0.1) is 19.0 Å². The molecule has 2 aromatic heterocycles. The lowest BCUT2D eigenvalue weighted by atomic mass is 10.1. The number of rotatable bonds is 2. The minimum absolute atomic E-state index is 0.258. The van der Waals surface area contributed by atoms with Gasteiger partial charge >= 0.3 is 0 Å². The molecule has 0 aliphatic heterocycles. The van der Waals surface area contributed by atoms with Crippen LogP contribution in [-0.2, 0) is 0 Å². The summed E-state index contributed by atoms with van der Waals surface area (Å²) in [5.41, 5.74) is 3.06. The van der Waals surface area contributed by atoms with Crippen LogP contribution < -0.4 is 4.74 Å². The van der Waals surface area contributed by atoms with E-state index in [-0.39, 0.29) is 5.82 Å². The Labute approximate surface area is 109 Å². The summed E-state index contributed by atoms with van der Waals surface area (Å²) in [5.74, 6) is 0.188. The number of halogens is 1. The smallest absolute Gasteiger partial charge is 0.258 e. The second-order valence-electron chi connectivity index (χ2n) is 4.29. The summed E-state index contributed by atoms with van der Waals surface area (Å²) in [7, 11) is 1.54. The third kappa shape index (κ3) is 1.93. The predicted molar refractivity (Wildman–Crippen MR) is 69.7 cm³/mol. The molecule has 1 aromatic carbocycles. The number of methoxy groups -OCH3 is 1. The van der Waals surface area contributed by atoms with Gasteiger partial charge in [-0.3, -0.25) is 4.40 Å². The van der Waals surface area contributed by atoms with Crippen LogP contribution in [0.2, 0.25) is 0 Å². The van der Waals surface area contributed by atoms with Crippen molar-refractivity contribution in [3.8, 4) is 17.1 Å². The van der Waals surface area contributed by atoms with Crippen molar-refractivity contribution in [2.24, 2.45) is 0 Å². The van der Waals surface area contributed by atoms with Gasteiger partial charge in [-0.05, 0) is 30.7 Å². The van der Waals surface area contributed by atoms with Gasteiger partial charge in [-0.25, -0.2) is 14.4 Å². The van der Waals surface area contributed by atoms with Crippen LogP contribution in [0.1, 0.15) is 5.56 Å². The van der Waals surface area contributed by atoms with Crippen molar-refractivity contribution in [1.29, 1.82) is 0 Å². The highest BCUT2D eigenvalue weighted by atomic mass is 19.1. The fourth-order valence-electron chi connectivity index (χ4n) is 2.14. The van der Waals surface area contributed by atoms with Crippen LogP contribution in [0.5, 0.6) is 5.88 Å². The Balaban J connectivity index is 2.26. The summed E-state index contributed by atoms with van der Waals surface area (Å²) >= 11 is 0. The summed E-state index contributed by atoms with van der Waals surface area (Å²) in [4.78, 5) is 8.37. The van der Waals surface area contributed by atoms with E-state index < -0.39 is 0 Å². The van der Waals surface area contributed by atoms with E-state index in [1.54, 1.807) is 25.7 Å². The number of aromatic nitrogens is 3. The maximum Gasteiger partial charge on any atom is 0.258 e. The molecule has 2 heterocycles. The molecule has 0 N–H and O–H groups in total. The Morgan fingerprint density at radius 1 is 1.21 bits per heavy atom. The van der Waals surface area contributed by atoms with Gasteiger partial charge in [-0.15, -0.1) is 0 Å².